The summed E-state index contributed by atoms with van der Waals surface area (Å²) in [7, 11) is 0. The van der Waals surface area contributed by atoms with Gasteiger partial charge in [-0.05, 0) is 93.0 Å². The van der Waals surface area contributed by atoms with Crippen molar-refractivity contribution in [2.75, 3.05) is 4.90 Å². The minimum Gasteiger partial charge on any atom is -0.478 e. The van der Waals surface area contributed by atoms with Gasteiger partial charge >= 0.3 is 5.97 Å². The van der Waals surface area contributed by atoms with Crippen LogP contribution in [-0.2, 0) is 21.7 Å². The number of ether oxygens (including phenoxy) is 1. The van der Waals surface area contributed by atoms with Crippen molar-refractivity contribution in [3.8, 4) is 11.5 Å². The lowest BCUT2D eigenvalue weighted by atomic mass is 9.45. The largest absolute Gasteiger partial charge is 0.478 e. The van der Waals surface area contributed by atoms with Crippen molar-refractivity contribution in [1.82, 2.24) is 4.58 Å². The molecule has 5 heterocycles. The normalized spacial score (nSPS) is 26.1. The van der Waals surface area contributed by atoms with Gasteiger partial charge in [-0.25, -0.2) is 9.37 Å². The minimum atomic E-state index is -0.916. The van der Waals surface area contributed by atoms with Gasteiger partial charge < -0.3 is 14.7 Å². The minimum absolute atomic E-state index is 0.186. The summed E-state index contributed by atoms with van der Waals surface area (Å²) in [6.07, 6.45) is 0. The van der Waals surface area contributed by atoms with E-state index in [1.54, 1.807) is 0 Å². The smallest absolute Gasteiger partial charge is 0.336 e. The molecular formula is C59H85N2O3+. The van der Waals surface area contributed by atoms with Crippen LogP contribution in [0, 0.1) is 42.4 Å². The first-order valence-corrected chi connectivity index (χ1v) is 24.4. The Kier molecular flexibility index (Phi) is 8.87. The number of fused-ring (bicyclic) bond motifs is 4. The van der Waals surface area contributed by atoms with Crippen molar-refractivity contribution in [1.29, 1.82) is 0 Å². The summed E-state index contributed by atoms with van der Waals surface area (Å²) in [5, 5.41) is 13.6. The van der Waals surface area contributed by atoms with Crippen LogP contribution in [0.3, 0.4) is 0 Å². The van der Waals surface area contributed by atoms with Gasteiger partial charge in [0.2, 0.25) is 5.36 Å². The zero-order valence-corrected chi connectivity index (χ0v) is 45.4. The molecule has 1 N–H and O–H groups in total. The number of aryl methyl sites for hydroxylation is 1. The van der Waals surface area contributed by atoms with Crippen LogP contribution in [0.15, 0.2) is 18.2 Å². The van der Waals surface area contributed by atoms with E-state index in [0.717, 1.165) is 39.0 Å². The molecule has 0 aliphatic carbocycles. The molecule has 8 rings (SSSR count). The Morgan fingerprint density at radius 2 is 0.984 bits per heavy atom. The number of nitrogens with zero attached hydrogens (tertiary/aromatic N) is 2. The summed E-state index contributed by atoms with van der Waals surface area (Å²) in [5.74, 6) is 0.884. The molecule has 3 aromatic rings. The van der Waals surface area contributed by atoms with Crippen LogP contribution >= 0.6 is 0 Å². The lowest BCUT2D eigenvalue weighted by Crippen LogP contribution is -2.79. The maximum atomic E-state index is 13.8. The predicted molar refractivity (Wildman–Crippen MR) is 269 cm³/mol. The first kappa shape index (κ1) is 46.9. The van der Waals surface area contributed by atoms with Gasteiger partial charge in [0.05, 0.1) is 11.1 Å². The average molecular weight is 870 g/mol. The Morgan fingerprint density at radius 3 is 1.45 bits per heavy atom. The number of benzene rings is 3. The van der Waals surface area contributed by atoms with Gasteiger partial charge in [-0.3, -0.25) is 0 Å². The Morgan fingerprint density at radius 1 is 0.547 bits per heavy atom. The molecule has 5 aliphatic rings. The third kappa shape index (κ3) is 4.56. The first-order chi connectivity index (χ1) is 28.5. The topological polar surface area (TPSA) is 52.8 Å². The highest BCUT2D eigenvalue weighted by Crippen LogP contribution is 2.72. The number of aromatic carboxylic acids is 1. The summed E-state index contributed by atoms with van der Waals surface area (Å²) in [6.45, 7) is 66.0. The van der Waals surface area contributed by atoms with Gasteiger partial charge in [-0.15, -0.1) is 0 Å². The second-order valence-electron chi connectivity index (χ2n) is 27.6. The summed E-state index contributed by atoms with van der Waals surface area (Å²) in [4.78, 5) is 16.6. The van der Waals surface area contributed by atoms with Gasteiger partial charge in [0.1, 0.15) is 11.5 Å². The van der Waals surface area contributed by atoms with Crippen LogP contribution in [0.1, 0.15) is 227 Å². The summed E-state index contributed by atoms with van der Waals surface area (Å²) >= 11 is 0. The lowest BCUT2D eigenvalue weighted by molar-refractivity contribution is -0.0629. The Bertz CT molecular complexity index is 2790. The van der Waals surface area contributed by atoms with E-state index in [1.165, 1.54) is 44.4 Å². The molecule has 0 fully saturated rings. The number of hydrogen-bond acceptors (Lipinski definition) is 3. The van der Waals surface area contributed by atoms with Gasteiger partial charge in [0, 0.05) is 99.0 Å². The number of carboxylic acids is 1. The van der Waals surface area contributed by atoms with E-state index in [1.807, 2.05) is 12.1 Å². The van der Waals surface area contributed by atoms with E-state index in [0.29, 0.717) is 5.56 Å². The maximum Gasteiger partial charge on any atom is 0.336 e. The number of rotatable bonds is 2. The number of carbonyl (C=O) groups is 1. The first-order valence-electron chi connectivity index (χ1n) is 24.4. The van der Waals surface area contributed by atoms with Crippen molar-refractivity contribution < 1.29 is 14.6 Å². The fraction of sp³-hybridized carbons (Fsp3) is 0.661. The van der Waals surface area contributed by atoms with Crippen molar-refractivity contribution >= 4 is 17.2 Å². The molecule has 0 saturated carbocycles. The second kappa shape index (κ2) is 12.1. The average Bonchev–Trinajstić information content (AvgIpc) is 3.10. The lowest BCUT2D eigenvalue weighted by Gasteiger charge is -2.73. The molecule has 5 aliphatic heterocycles. The molecule has 0 spiro atoms. The molecule has 0 radical (unpaired) electrons. The van der Waals surface area contributed by atoms with Crippen LogP contribution in [0.2, 0.25) is 0 Å². The quantitative estimate of drug-likeness (QED) is 0.204. The van der Waals surface area contributed by atoms with Crippen LogP contribution in [0.5, 0.6) is 11.5 Å². The summed E-state index contributed by atoms with van der Waals surface area (Å²) < 4.78 is 11.0. The van der Waals surface area contributed by atoms with E-state index in [4.69, 9.17) is 4.74 Å². The van der Waals surface area contributed by atoms with Crippen molar-refractivity contribution in [2.24, 2.45) is 21.7 Å². The fourth-order valence-corrected chi connectivity index (χ4v) is 15.1. The SMILES string of the molecule is Cc1ccc(C(=O)O)c(C2=c3c(C)c4c5c(c3Oc3c2c(C)c2c6c3C(C)(C)C(C)(C)C(C)(C)N6C(C)(C)C(C)(C)C2(C)C)C(C)(C)C(C)(C)C(C)(C)[N+]=5C(C)(C)C(C)(C)C4(C)C)c1. The highest BCUT2D eigenvalue weighted by Gasteiger charge is 2.72. The van der Waals surface area contributed by atoms with Gasteiger partial charge in [-0.1, -0.05) is 128 Å². The predicted octanol–water partition coefficient (Wildman–Crippen LogP) is 13.3. The van der Waals surface area contributed by atoms with E-state index < -0.39 is 5.97 Å². The van der Waals surface area contributed by atoms with Crippen LogP contribution < -0.4 is 24.8 Å². The van der Waals surface area contributed by atoms with E-state index in [2.05, 4.69) is 202 Å². The zero-order chi connectivity index (χ0) is 48.8. The van der Waals surface area contributed by atoms with Crippen LogP contribution in [0.25, 0.3) is 5.57 Å². The van der Waals surface area contributed by atoms with Crippen molar-refractivity contribution in [3.05, 3.63) is 84.4 Å². The molecular weight excluding hydrogens is 785 g/mol. The Labute approximate surface area is 388 Å². The zero-order valence-electron chi connectivity index (χ0n) is 45.4. The molecule has 0 aromatic heterocycles. The Balaban J connectivity index is 1.81. The van der Waals surface area contributed by atoms with E-state index >= 15 is 0 Å². The molecule has 348 valence electrons. The molecule has 0 amide bonds. The molecule has 3 aromatic carbocycles. The van der Waals surface area contributed by atoms with Crippen molar-refractivity contribution in [2.45, 2.75) is 231 Å². The molecule has 5 heteroatoms. The summed E-state index contributed by atoms with van der Waals surface area (Å²) in [6, 6.07) is 5.95. The molecule has 5 nitrogen and oxygen atoms in total. The van der Waals surface area contributed by atoms with Gasteiger partial charge in [0.25, 0.3) is 0 Å². The monoisotopic (exact) mass is 870 g/mol. The molecule has 0 atom stereocenters. The van der Waals surface area contributed by atoms with Gasteiger partial charge in [0.15, 0.2) is 11.1 Å². The third-order valence-electron chi connectivity index (χ3n) is 23.3. The molecule has 64 heavy (non-hydrogen) atoms. The molecule has 0 saturated heterocycles. The standard InChI is InChI=1S/C59H84N2O3/c1-31-28-29-34(47(62)63)35(30-31)38-36-32(2)39-43-41(50(8,9)54(16,17)58(24,25)60(43)56(20,21)52(12,13)48(39,4)5)45(36)64-46-37(38)33(3)40-44-42(46)51(10,11)55(18,19)59(26,27)61(44)57(22,23)53(14,15)49(40,6)7/h28-30H,1-27H3/p+1. The van der Waals surface area contributed by atoms with Crippen LogP contribution in [0.4, 0.5) is 5.69 Å². The number of hydrogen-bond donors (Lipinski definition) is 1. The molecule has 0 bridgehead atoms. The summed E-state index contributed by atoms with van der Waals surface area (Å²) in [5.41, 5.74) is 9.79. The molecule has 0 unspecified atom stereocenters. The van der Waals surface area contributed by atoms with Gasteiger partial charge in [-0.2, -0.15) is 0 Å². The van der Waals surface area contributed by atoms with E-state index in [-0.39, 0.29) is 65.5 Å². The number of carboxylic acid groups (broad SMARTS) is 1. The highest BCUT2D eigenvalue weighted by molar-refractivity contribution is 6.01. The van der Waals surface area contributed by atoms with Crippen molar-refractivity contribution in [3.63, 3.8) is 0 Å². The third-order valence-corrected chi connectivity index (χ3v) is 23.3. The van der Waals surface area contributed by atoms with Crippen LogP contribution in [-0.4, -0.2) is 33.2 Å². The van der Waals surface area contributed by atoms with E-state index in [9.17, 15) is 9.90 Å². The Hall–Kier alpha value is -3.60. The highest BCUT2D eigenvalue weighted by atomic mass is 16.5. The fourth-order valence-electron chi connectivity index (χ4n) is 15.1. The maximum absolute atomic E-state index is 13.8. The second-order valence-corrected chi connectivity index (χ2v) is 27.6. The number of anilines is 1.